The smallest absolute Gasteiger partial charge is 0.0716 e. The van der Waals surface area contributed by atoms with Crippen LogP contribution < -0.4 is 5.43 Å². The average Bonchev–Trinajstić information content (AvgIpc) is 3.60. The molecule has 2 heterocycles. The highest BCUT2D eigenvalue weighted by molar-refractivity contribution is 7.26. The van der Waals surface area contributed by atoms with Crippen molar-refractivity contribution in [3.05, 3.63) is 163 Å². The molecule has 0 aliphatic heterocycles. The van der Waals surface area contributed by atoms with E-state index in [1.54, 1.807) is 11.3 Å². The Hall–Kier alpha value is -5.45. The zero-order chi connectivity index (χ0) is 28.8. The molecule has 2 aromatic heterocycles. The van der Waals surface area contributed by atoms with Crippen molar-refractivity contribution in [2.24, 2.45) is 0 Å². The van der Waals surface area contributed by atoms with Crippen molar-refractivity contribution in [3.63, 3.8) is 0 Å². The van der Waals surface area contributed by atoms with Gasteiger partial charge in [0.05, 0.1) is 22.4 Å². The fraction of sp³-hybridized carbons (Fsp3) is 0. The van der Waals surface area contributed by atoms with Crippen molar-refractivity contribution in [2.45, 2.75) is 0 Å². The number of rotatable bonds is 6. The summed E-state index contributed by atoms with van der Waals surface area (Å²) >= 11 is 1.75. The standard InChI is InChI=1S/C39H27N3S/c40-34(33-19-11-18-32-31-17-8-10-21-38(31)43-39(32)33)25-35(27-14-5-2-6-15-27)41-42-36-20-9-7-16-29(36)30-23-22-28(24-37(30)42)26-12-3-1-4-13-26/h1-25,40-41H/b35-25-,40-34?. The molecule has 0 aliphatic rings. The molecule has 4 heteroatoms. The fourth-order valence-electron chi connectivity index (χ4n) is 6.00. The summed E-state index contributed by atoms with van der Waals surface area (Å²) in [6.07, 6.45) is 1.97. The summed E-state index contributed by atoms with van der Waals surface area (Å²) in [4.78, 5) is 0. The molecule has 2 N–H and O–H groups in total. The van der Waals surface area contributed by atoms with Crippen LogP contribution in [0.2, 0.25) is 0 Å². The van der Waals surface area contributed by atoms with Crippen LogP contribution >= 0.6 is 11.3 Å². The van der Waals surface area contributed by atoms with Crippen LogP contribution in [0.15, 0.2) is 152 Å². The molecule has 6 aromatic carbocycles. The van der Waals surface area contributed by atoms with Gasteiger partial charge in [0.25, 0.3) is 0 Å². The first-order chi connectivity index (χ1) is 21.2. The number of thiophene rings is 1. The van der Waals surface area contributed by atoms with Gasteiger partial charge in [-0.2, -0.15) is 0 Å². The number of para-hydroxylation sites is 1. The Morgan fingerprint density at radius 2 is 1.26 bits per heavy atom. The molecule has 0 amide bonds. The van der Waals surface area contributed by atoms with Crippen LogP contribution in [-0.4, -0.2) is 10.4 Å². The quantitative estimate of drug-likeness (QED) is 0.192. The minimum absolute atomic E-state index is 0.467. The Morgan fingerprint density at radius 3 is 2.09 bits per heavy atom. The molecular formula is C39H27N3S. The van der Waals surface area contributed by atoms with Crippen LogP contribution in [0.3, 0.4) is 0 Å². The number of nitrogens with zero attached hydrogens (tertiary/aromatic N) is 1. The zero-order valence-corrected chi connectivity index (χ0v) is 24.1. The highest BCUT2D eigenvalue weighted by atomic mass is 32.1. The SMILES string of the molecule is N=C(/C=C(\Nn1c2ccccc2c2ccc(-c3ccccc3)cc21)c1ccccc1)c1cccc2c1sc1ccccc12. The van der Waals surface area contributed by atoms with Crippen molar-refractivity contribution in [1.82, 2.24) is 4.68 Å². The van der Waals surface area contributed by atoms with Crippen molar-refractivity contribution in [2.75, 3.05) is 5.43 Å². The predicted octanol–water partition coefficient (Wildman–Crippen LogP) is 10.5. The molecule has 0 unspecified atom stereocenters. The van der Waals surface area contributed by atoms with Crippen LogP contribution in [-0.2, 0) is 0 Å². The van der Waals surface area contributed by atoms with Gasteiger partial charge < -0.3 is 5.41 Å². The molecule has 43 heavy (non-hydrogen) atoms. The van der Waals surface area contributed by atoms with E-state index in [1.807, 2.05) is 30.3 Å². The van der Waals surface area contributed by atoms with Crippen LogP contribution in [0, 0.1) is 5.41 Å². The lowest BCUT2D eigenvalue weighted by atomic mass is 10.0. The van der Waals surface area contributed by atoms with E-state index in [2.05, 4.69) is 131 Å². The third kappa shape index (κ3) is 4.40. The van der Waals surface area contributed by atoms with E-state index in [-0.39, 0.29) is 0 Å². The first-order valence-corrected chi connectivity index (χ1v) is 15.2. The predicted molar refractivity (Wildman–Crippen MR) is 185 cm³/mol. The molecule has 0 bridgehead atoms. The van der Waals surface area contributed by atoms with Crippen molar-refractivity contribution < 1.29 is 0 Å². The molecule has 8 rings (SSSR count). The molecule has 0 fully saturated rings. The first kappa shape index (κ1) is 25.3. The van der Waals surface area contributed by atoms with E-state index in [4.69, 9.17) is 0 Å². The lowest BCUT2D eigenvalue weighted by Crippen LogP contribution is -2.14. The normalized spacial score (nSPS) is 12.0. The molecule has 3 nitrogen and oxygen atoms in total. The lowest BCUT2D eigenvalue weighted by molar-refractivity contribution is 1.06. The largest absolute Gasteiger partial charge is 0.300 e. The van der Waals surface area contributed by atoms with E-state index < -0.39 is 0 Å². The number of fused-ring (bicyclic) bond motifs is 6. The second-order valence-electron chi connectivity index (χ2n) is 10.7. The van der Waals surface area contributed by atoms with Crippen LogP contribution in [0.25, 0.3) is 58.8 Å². The molecule has 0 saturated heterocycles. The molecular weight excluding hydrogens is 543 g/mol. The van der Waals surface area contributed by atoms with Gasteiger partial charge in [0.2, 0.25) is 0 Å². The van der Waals surface area contributed by atoms with Gasteiger partial charge >= 0.3 is 0 Å². The van der Waals surface area contributed by atoms with Crippen molar-refractivity contribution in [1.29, 1.82) is 5.41 Å². The molecule has 0 atom stereocenters. The first-order valence-electron chi connectivity index (χ1n) is 14.4. The van der Waals surface area contributed by atoms with Gasteiger partial charge in [-0.3, -0.25) is 10.1 Å². The number of benzene rings is 6. The van der Waals surface area contributed by atoms with Crippen LogP contribution in [0.1, 0.15) is 11.1 Å². The monoisotopic (exact) mass is 569 g/mol. The maximum atomic E-state index is 9.35. The van der Waals surface area contributed by atoms with Gasteiger partial charge in [0.1, 0.15) is 0 Å². The summed E-state index contributed by atoms with van der Waals surface area (Å²) in [5.74, 6) is 0. The zero-order valence-electron chi connectivity index (χ0n) is 23.3. The van der Waals surface area contributed by atoms with Crippen LogP contribution in [0.5, 0.6) is 0 Å². The Bertz CT molecular complexity index is 2330. The molecule has 0 saturated carbocycles. The van der Waals surface area contributed by atoms with Gasteiger partial charge in [-0.25, -0.2) is 0 Å². The maximum absolute atomic E-state index is 9.35. The van der Waals surface area contributed by atoms with Gasteiger partial charge in [-0.15, -0.1) is 11.3 Å². The van der Waals surface area contributed by atoms with Crippen molar-refractivity contribution >= 4 is 64.7 Å². The topological polar surface area (TPSA) is 40.8 Å². The van der Waals surface area contributed by atoms with E-state index in [0.717, 1.165) is 38.1 Å². The van der Waals surface area contributed by atoms with E-state index in [9.17, 15) is 5.41 Å². The lowest BCUT2D eigenvalue weighted by Gasteiger charge is -2.16. The highest BCUT2D eigenvalue weighted by Gasteiger charge is 2.16. The summed E-state index contributed by atoms with van der Waals surface area (Å²) in [7, 11) is 0. The minimum atomic E-state index is 0.467. The second kappa shape index (κ2) is 10.4. The summed E-state index contributed by atoms with van der Waals surface area (Å²) < 4.78 is 4.55. The maximum Gasteiger partial charge on any atom is 0.0716 e. The highest BCUT2D eigenvalue weighted by Crippen LogP contribution is 2.37. The Morgan fingerprint density at radius 1 is 0.581 bits per heavy atom. The summed E-state index contributed by atoms with van der Waals surface area (Å²) in [6.45, 7) is 0. The van der Waals surface area contributed by atoms with E-state index >= 15 is 0 Å². The Kier molecular flexibility index (Phi) is 6.13. The Labute approximate surface area is 253 Å². The number of aromatic nitrogens is 1. The fourth-order valence-corrected chi connectivity index (χ4v) is 7.23. The molecule has 8 aromatic rings. The second-order valence-corrected chi connectivity index (χ2v) is 11.7. The molecule has 204 valence electrons. The van der Waals surface area contributed by atoms with Gasteiger partial charge in [0.15, 0.2) is 0 Å². The summed E-state index contributed by atoms with van der Waals surface area (Å²) in [6, 6.07) is 50.7. The number of nitrogens with one attached hydrogen (secondary N) is 2. The Balaban J connectivity index is 1.30. The number of allylic oxidation sites excluding steroid dienone is 1. The summed E-state index contributed by atoms with van der Waals surface area (Å²) in [5, 5.41) is 14.1. The van der Waals surface area contributed by atoms with Gasteiger partial charge in [-0.1, -0.05) is 127 Å². The molecule has 0 radical (unpaired) electrons. The third-order valence-corrected chi connectivity index (χ3v) is 9.30. The third-order valence-electron chi connectivity index (χ3n) is 8.08. The number of hydrogen-bond acceptors (Lipinski definition) is 3. The van der Waals surface area contributed by atoms with Gasteiger partial charge in [-0.05, 0) is 41.0 Å². The van der Waals surface area contributed by atoms with E-state index in [1.165, 1.54) is 31.8 Å². The van der Waals surface area contributed by atoms with Crippen LogP contribution in [0.4, 0.5) is 0 Å². The average molecular weight is 570 g/mol. The number of hydrogen-bond donors (Lipinski definition) is 2. The van der Waals surface area contributed by atoms with E-state index in [0.29, 0.717) is 5.71 Å². The van der Waals surface area contributed by atoms with Crippen molar-refractivity contribution in [3.8, 4) is 11.1 Å². The molecule has 0 aliphatic carbocycles. The minimum Gasteiger partial charge on any atom is -0.300 e. The van der Waals surface area contributed by atoms with Gasteiger partial charge in [0, 0.05) is 36.5 Å². The molecule has 0 spiro atoms. The summed E-state index contributed by atoms with van der Waals surface area (Å²) in [5.41, 5.74) is 11.5.